The molecule has 0 saturated heterocycles. The van der Waals surface area contributed by atoms with Crippen molar-refractivity contribution >= 4 is 29.3 Å². The lowest BCUT2D eigenvalue weighted by atomic mass is 9.85. The van der Waals surface area contributed by atoms with Gasteiger partial charge in [0.15, 0.2) is 11.4 Å². The molecule has 1 aliphatic carbocycles. The normalized spacial score (nSPS) is 14.4. The zero-order chi connectivity index (χ0) is 19.4. The number of nitrogens with zero attached hydrogens (tertiary/aromatic N) is 2. The highest BCUT2D eigenvalue weighted by Gasteiger charge is 2.38. The summed E-state index contributed by atoms with van der Waals surface area (Å²) in [4.78, 5) is 19.0. The molecule has 0 aliphatic heterocycles. The number of carbonyl (C=O) groups excluding carboxylic acids is 1. The quantitative estimate of drug-likeness (QED) is 0.755. The van der Waals surface area contributed by atoms with Gasteiger partial charge in [0, 0.05) is 17.3 Å². The van der Waals surface area contributed by atoms with Gasteiger partial charge >= 0.3 is 12.3 Å². The molecule has 1 aromatic heterocycles. The van der Waals surface area contributed by atoms with Gasteiger partial charge in [-0.1, -0.05) is 24.1 Å². The summed E-state index contributed by atoms with van der Waals surface area (Å²) in [6, 6.07) is 6.35. The van der Waals surface area contributed by atoms with E-state index >= 15 is 0 Å². The maximum atomic E-state index is 13.3. The third-order valence-corrected chi connectivity index (χ3v) is 4.30. The molecule has 2 N–H and O–H groups in total. The Labute approximate surface area is 158 Å². The standard InChI is InChI=1S/C17H16ClF3N4O2/c18-11-5-2-6-12(7-11)24-15-22-9-13(14(25-15)17(19,20)21)27-16(26)23-8-10-3-1-4-10/h2,5-7,9-10H,1,3-4,8H2,(H,23,26)(H,22,24,25). The van der Waals surface area contributed by atoms with E-state index in [-0.39, 0.29) is 5.95 Å². The summed E-state index contributed by atoms with van der Waals surface area (Å²) in [5.74, 6) is -0.711. The molecule has 3 rings (SSSR count). The maximum Gasteiger partial charge on any atom is 0.437 e. The number of hydrogen-bond donors (Lipinski definition) is 2. The molecule has 0 atom stereocenters. The van der Waals surface area contributed by atoms with Crippen LogP contribution in [-0.2, 0) is 6.18 Å². The Morgan fingerprint density at radius 3 is 2.74 bits per heavy atom. The lowest BCUT2D eigenvalue weighted by molar-refractivity contribution is -0.142. The molecule has 0 unspecified atom stereocenters. The average molecular weight is 401 g/mol. The van der Waals surface area contributed by atoms with Crippen LogP contribution in [0.2, 0.25) is 5.02 Å². The van der Waals surface area contributed by atoms with E-state index in [0.717, 1.165) is 25.5 Å². The molecule has 2 aromatic rings. The topological polar surface area (TPSA) is 76.1 Å². The molecule has 1 heterocycles. The van der Waals surface area contributed by atoms with E-state index in [1.54, 1.807) is 18.2 Å². The van der Waals surface area contributed by atoms with Gasteiger partial charge in [-0.15, -0.1) is 0 Å². The van der Waals surface area contributed by atoms with Crippen molar-refractivity contribution in [3.05, 3.63) is 41.2 Å². The zero-order valence-corrected chi connectivity index (χ0v) is 14.8. The second kappa shape index (κ2) is 7.99. The van der Waals surface area contributed by atoms with Crippen LogP contribution < -0.4 is 15.4 Å². The molecule has 0 bridgehead atoms. The highest BCUT2D eigenvalue weighted by atomic mass is 35.5. The SMILES string of the molecule is O=C(NCC1CCC1)Oc1cnc(Nc2cccc(Cl)c2)nc1C(F)(F)F. The van der Waals surface area contributed by atoms with E-state index in [4.69, 9.17) is 16.3 Å². The van der Waals surface area contributed by atoms with Gasteiger partial charge in [0.05, 0.1) is 6.20 Å². The smallest absolute Gasteiger partial charge is 0.406 e. The van der Waals surface area contributed by atoms with Crippen molar-refractivity contribution in [1.29, 1.82) is 0 Å². The lowest BCUT2D eigenvalue weighted by Gasteiger charge is -2.25. The van der Waals surface area contributed by atoms with Crippen LogP contribution in [-0.4, -0.2) is 22.6 Å². The number of anilines is 2. The minimum absolute atomic E-state index is 0.299. The lowest BCUT2D eigenvalue weighted by Crippen LogP contribution is -2.34. The fraction of sp³-hybridized carbons (Fsp3) is 0.353. The van der Waals surface area contributed by atoms with E-state index < -0.39 is 23.7 Å². The summed E-state index contributed by atoms with van der Waals surface area (Å²) in [5, 5.41) is 5.49. The van der Waals surface area contributed by atoms with Crippen LogP contribution in [0.1, 0.15) is 25.0 Å². The first-order valence-corrected chi connectivity index (χ1v) is 8.61. The van der Waals surface area contributed by atoms with Crippen LogP contribution in [0.3, 0.4) is 0 Å². The zero-order valence-electron chi connectivity index (χ0n) is 14.0. The van der Waals surface area contributed by atoms with Crippen LogP contribution in [0.25, 0.3) is 0 Å². The van der Waals surface area contributed by atoms with Gasteiger partial charge < -0.3 is 15.4 Å². The Morgan fingerprint density at radius 2 is 2.11 bits per heavy atom. The fourth-order valence-electron chi connectivity index (χ4n) is 2.46. The fourth-order valence-corrected chi connectivity index (χ4v) is 2.65. The van der Waals surface area contributed by atoms with Gasteiger partial charge in [0.1, 0.15) is 0 Å². The van der Waals surface area contributed by atoms with E-state index in [9.17, 15) is 18.0 Å². The molecule has 1 saturated carbocycles. The minimum atomic E-state index is -4.82. The number of benzene rings is 1. The molecule has 1 aliphatic rings. The molecule has 27 heavy (non-hydrogen) atoms. The highest BCUT2D eigenvalue weighted by molar-refractivity contribution is 6.30. The molecular weight excluding hydrogens is 385 g/mol. The summed E-state index contributed by atoms with van der Waals surface area (Å²) >= 11 is 5.84. The highest BCUT2D eigenvalue weighted by Crippen LogP contribution is 2.35. The van der Waals surface area contributed by atoms with Crippen molar-refractivity contribution in [2.75, 3.05) is 11.9 Å². The first-order valence-electron chi connectivity index (χ1n) is 8.24. The summed E-state index contributed by atoms with van der Waals surface area (Å²) < 4.78 is 44.7. The molecule has 6 nitrogen and oxygen atoms in total. The summed E-state index contributed by atoms with van der Waals surface area (Å²) in [6.07, 6.45) is -1.91. The Kier molecular flexibility index (Phi) is 5.69. The van der Waals surface area contributed by atoms with Crippen LogP contribution >= 0.6 is 11.6 Å². The molecule has 1 fully saturated rings. The first-order chi connectivity index (χ1) is 12.8. The summed E-state index contributed by atoms with van der Waals surface area (Å²) in [7, 11) is 0. The number of hydrogen-bond acceptors (Lipinski definition) is 5. The van der Waals surface area contributed by atoms with E-state index in [1.165, 1.54) is 6.07 Å². The number of nitrogens with one attached hydrogen (secondary N) is 2. The number of carbonyl (C=O) groups is 1. The van der Waals surface area contributed by atoms with Crippen LogP contribution in [0.5, 0.6) is 5.75 Å². The van der Waals surface area contributed by atoms with E-state index in [0.29, 0.717) is 23.2 Å². The molecule has 1 amide bonds. The van der Waals surface area contributed by atoms with Crippen molar-refractivity contribution < 1.29 is 22.7 Å². The van der Waals surface area contributed by atoms with Gasteiger partial charge in [-0.2, -0.15) is 13.2 Å². The third kappa shape index (κ3) is 5.22. The van der Waals surface area contributed by atoms with Crippen LogP contribution in [0, 0.1) is 5.92 Å². The van der Waals surface area contributed by atoms with Gasteiger partial charge in [-0.05, 0) is 37.0 Å². The number of ether oxygens (including phenoxy) is 1. The Bertz CT molecular complexity index is 828. The van der Waals surface area contributed by atoms with Gasteiger partial charge in [0.2, 0.25) is 5.95 Å². The summed E-state index contributed by atoms with van der Waals surface area (Å²) in [5.41, 5.74) is -0.927. The van der Waals surface area contributed by atoms with Gasteiger partial charge in [0.25, 0.3) is 0 Å². The predicted molar refractivity (Wildman–Crippen MR) is 93.1 cm³/mol. The Balaban J connectivity index is 1.74. The molecule has 144 valence electrons. The van der Waals surface area contributed by atoms with Crippen LogP contribution in [0.4, 0.5) is 29.6 Å². The molecule has 1 aromatic carbocycles. The number of alkyl halides is 3. The van der Waals surface area contributed by atoms with Gasteiger partial charge in [-0.25, -0.2) is 14.8 Å². The Hall–Kier alpha value is -2.55. The van der Waals surface area contributed by atoms with Crippen LogP contribution in [0.15, 0.2) is 30.5 Å². The summed E-state index contributed by atoms with van der Waals surface area (Å²) in [6.45, 7) is 0.370. The third-order valence-electron chi connectivity index (χ3n) is 4.07. The second-order valence-corrected chi connectivity index (χ2v) is 6.54. The maximum absolute atomic E-state index is 13.3. The number of amides is 1. The van der Waals surface area contributed by atoms with E-state index in [1.807, 2.05) is 0 Å². The van der Waals surface area contributed by atoms with Crippen molar-refractivity contribution in [3.8, 4) is 5.75 Å². The number of aromatic nitrogens is 2. The first kappa shape index (κ1) is 19.2. The Morgan fingerprint density at radius 1 is 1.33 bits per heavy atom. The molecule has 0 radical (unpaired) electrons. The van der Waals surface area contributed by atoms with Crippen molar-refractivity contribution in [2.45, 2.75) is 25.4 Å². The van der Waals surface area contributed by atoms with Crippen molar-refractivity contribution in [2.24, 2.45) is 5.92 Å². The minimum Gasteiger partial charge on any atom is -0.406 e. The molecular formula is C17H16ClF3N4O2. The largest absolute Gasteiger partial charge is 0.437 e. The monoisotopic (exact) mass is 400 g/mol. The molecule has 10 heteroatoms. The van der Waals surface area contributed by atoms with Gasteiger partial charge in [-0.3, -0.25) is 0 Å². The number of rotatable bonds is 5. The van der Waals surface area contributed by atoms with Crippen molar-refractivity contribution in [3.63, 3.8) is 0 Å². The van der Waals surface area contributed by atoms with E-state index in [2.05, 4.69) is 20.6 Å². The number of halogens is 4. The average Bonchev–Trinajstić information content (AvgIpc) is 2.54. The predicted octanol–water partition coefficient (Wildman–Crippen LogP) is 4.78. The second-order valence-electron chi connectivity index (χ2n) is 6.11. The van der Waals surface area contributed by atoms with Crippen molar-refractivity contribution in [1.82, 2.24) is 15.3 Å². The molecule has 0 spiro atoms.